The molecule has 1 atom stereocenters. The van der Waals surface area contributed by atoms with Gasteiger partial charge in [-0.1, -0.05) is 49.9 Å². The van der Waals surface area contributed by atoms with Gasteiger partial charge in [-0.2, -0.15) is 0 Å². The van der Waals surface area contributed by atoms with Crippen molar-refractivity contribution in [2.75, 3.05) is 0 Å². The molecule has 0 amide bonds. The van der Waals surface area contributed by atoms with Crippen molar-refractivity contribution >= 4 is 10.8 Å². The summed E-state index contributed by atoms with van der Waals surface area (Å²) in [6.45, 7) is 0. The zero-order chi connectivity index (χ0) is 13.1. The third-order valence-corrected chi connectivity index (χ3v) is 4.33. The van der Waals surface area contributed by atoms with E-state index in [0.29, 0.717) is 5.92 Å². The minimum Gasteiger partial charge on any atom is -0.386 e. The van der Waals surface area contributed by atoms with Crippen LogP contribution in [0.15, 0.2) is 36.5 Å². The van der Waals surface area contributed by atoms with E-state index in [4.69, 9.17) is 0 Å². The average Bonchev–Trinajstić information content (AvgIpc) is 2.75. The predicted molar refractivity (Wildman–Crippen MR) is 77.9 cm³/mol. The van der Waals surface area contributed by atoms with Crippen molar-refractivity contribution in [1.29, 1.82) is 0 Å². The van der Waals surface area contributed by atoms with Gasteiger partial charge < -0.3 is 5.11 Å². The van der Waals surface area contributed by atoms with Gasteiger partial charge in [0.05, 0.1) is 11.8 Å². The van der Waals surface area contributed by atoms with Crippen LogP contribution in [0.5, 0.6) is 0 Å². The molecule has 100 valence electrons. The Bertz CT molecular complexity index is 538. The van der Waals surface area contributed by atoms with Gasteiger partial charge in [0.15, 0.2) is 0 Å². The standard InChI is InChI=1S/C17H21NO/c19-17(14-8-3-1-2-4-9-14)16-15-10-6-5-7-13(15)11-12-18-16/h5-7,10-12,14,17,19H,1-4,8-9H2. The summed E-state index contributed by atoms with van der Waals surface area (Å²) >= 11 is 0. The summed E-state index contributed by atoms with van der Waals surface area (Å²) in [5.41, 5.74) is 0.866. The molecule has 2 heteroatoms. The predicted octanol–water partition coefficient (Wildman–Crippen LogP) is 4.24. The largest absolute Gasteiger partial charge is 0.386 e. The van der Waals surface area contributed by atoms with E-state index in [1.807, 2.05) is 24.4 Å². The zero-order valence-corrected chi connectivity index (χ0v) is 11.3. The zero-order valence-electron chi connectivity index (χ0n) is 11.3. The molecule has 3 rings (SSSR count). The van der Waals surface area contributed by atoms with Gasteiger partial charge in [0.25, 0.3) is 0 Å². The maximum Gasteiger partial charge on any atom is 0.0994 e. The molecule has 1 N–H and O–H groups in total. The van der Waals surface area contributed by atoms with Crippen LogP contribution in [0, 0.1) is 5.92 Å². The summed E-state index contributed by atoms with van der Waals surface area (Å²) in [7, 11) is 0. The maximum atomic E-state index is 10.7. The highest BCUT2D eigenvalue weighted by Crippen LogP contribution is 2.35. The Labute approximate surface area is 114 Å². The molecule has 0 spiro atoms. The Balaban J connectivity index is 1.94. The second kappa shape index (κ2) is 5.70. The summed E-state index contributed by atoms with van der Waals surface area (Å²) in [4.78, 5) is 4.46. The van der Waals surface area contributed by atoms with E-state index >= 15 is 0 Å². The van der Waals surface area contributed by atoms with Crippen LogP contribution in [-0.4, -0.2) is 10.1 Å². The quantitative estimate of drug-likeness (QED) is 0.814. The van der Waals surface area contributed by atoms with Crippen LogP contribution in [0.25, 0.3) is 10.8 Å². The van der Waals surface area contributed by atoms with E-state index in [0.717, 1.165) is 23.9 Å². The van der Waals surface area contributed by atoms with Crippen molar-refractivity contribution in [1.82, 2.24) is 4.98 Å². The highest BCUT2D eigenvalue weighted by Gasteiger charge is 2.24. The monoisotopic (exact) mass is 255 g/mol. The number of pyridine rings is 1. The van der Waals surface area contributed by atoms with Crippen molar-refractivity contribution in [2.45, 2.75) is 44.6 Å². The Morgan fingerprint density at radius 3 is 2.53 bits per heavy atom. The third-order valence-electron chi connectivity index (χ3n) is 4.33. The lowest BCUT2D eigenvalue weighted by atomic mass is 9.90. The number of rotatable bonds is 2. The van der Waals surface area contributed by atoms with Gasteiger partial charge in [0, 0.05) is 11.6 Å². The molecule has 2 aromatic rings. The number of benzene rings is 1. The Morgan fingerprint density at radius 1 is 1.00 bits per heavy atom. The van der Waals surface area contributed by atoms with Crippen molar-refractivity contribution < 1.29 is 5.11 Å². The minimum absolute atomic E-state index is 0.376. The smallest absolute Gasteiger partial charge is 0.0994 e. The fourth-order valence-corrected chi connectivity index (χ4v) is 3.23. The van der Waals surface area contributed by atoms with Crippen molar-refractivity contribution in [3.8, 4) is 0 Å². The summed E-state index contributed by atoms with van der Waals surface area (Å²) in [6, 6.07) is 10.2. The number of nitrogens with zero attached hydrogens (tertiary/aromatic N) is 1. The summed E-state index contributed by atoms with van der Waals surface area (Å²) in [6.07, 6.45) is 8.77. The Morgan fingerprint density at radius 2 is 1.74 bits per heavy atom. The molecule has 19 heavy (non-hydrogen) atoms. The molecule has 0 saturated heterocycles. The van der Waals surface area contributed by atoms with Gasteiger partial charge in [-0.15, -0.1) is 0 Å². The van der Waals surface area contributed by atoms with E-state index in [1.54, 1.807) is 0 Å². The van der Waals surface area contributed by atoms with Gasteiger partial charge in [0.1, 0.15) is 0 Å². The highest BCUT2D eigenvalue weighted by atomic mass is 16.3. The second-order valence-electron chi connectivity index (χ2n) is 5.61. The molecule has 2 nitrogen and oxygen atoms in total. The molecule has 1 aliphatic carbocycles. The molecule has 0 radical (unpaired) electrons. The van der Waals surface area contributed by atoms with Crippen LogP contribution in [0.4, 0.5) is 0 Å². The Kier molecular flexibility index (Phi) is 3.79. The van der Waals surface area contributed by atoms with Gasteiger partial charge >= 0.3 is 0 Å². The molecule has 1 aliphatic rings. The van der Waals surface area contributed by atoms with Crippen LogP contribution in [0.1, 0.15) is 50.3 Å². The lowest BCUT2D eigenvalue weighted by Crippen LogP contribution is -2.13. The molecule has 1 aromatic heterocycles. The van der Waals surface area contributed by atoms with Crippen LogP contribution in [0.2, 0.25) is 0 Å². The van der Waals surface area contributed by atoms with Crippen LogP contribution >= 0.6 is 0 Å². The van der Waals surface area contributed by atoms with E-state index < -0.39 is 6.10 Å². The van der Waals surface area contributed by atoms with Crippen LogP contribution in [0.3, 0.4) is 0 Å². The minimum atomic E-state index is -0.413. The first-order valence-electron chi connectivity index (χ1n) is 7.38. The average molecular weight is 255 g/mol. The number of aromatic nitrogens is 1. The van der Waals surface area contributed by atoms with Crippen LogP contribution < -0.4 is 0 Å². The molecular formula is C17H21NO. The lowest BCUT2D eigenvalue weighted by Gasteiger charge is -2.21. The molecule has 0 bridgehead atoms. The van der Waals surface area contributed by atoms with E-state index in [2.05, 4.69) is 17.1 Å². The topological polar surface area (TPSA) is 33.1 Å². The van der Waals surface area contributed by atoms with Gasteiger partial charge in [0.2, 0.25) is 0 Å². The first kappa shape index (κ1) is 12.6. The second-order valence-corrected chi connectivity index (χ2v) is 5.61. The molecule has 0 aliphatic heterocycles. The summed E-state index contributed by atoms with van der Waals surface area (Å²) in [5.74, 6) is 0.376. The normalized spacial score (nSPS) is 19.2. The highest BCUT2D eigenvalue weighted by molar-refractivity contribution is 5.84. The molecule has 1 unspecified atom stereocenters. The molecule has 1 fully saturated rings. The van der Waals surface area contributed by atoms with Crippen LogP contribution in [-0.2, 0) is 0 Å². The molecule has 1 heterocycles. The number of hydrogen-bond donors (Lipinski definition) is 1. The van der Waals surface area contributed by atoms with Crippen molar-refractivity contribution in [2.24, 2.45) is 5.92 Å². The fraction of sp³-hybridized carbons (Fsp3) is 0.471. The summed E-state index contributed by atoms with van der Waals surface area (Å²) in [5, 5.41) is 13.0. The lowest BCUT2D eigenvalue weighted by molar-refractivity contribution is 0.0963. The van der Waals surface area contributed by atoms with Gasteiger partial charge in [-0.25, -0.2) is 0 Å². The third kappa shape index (κ3) is 2.64. The number of hydrogen-bond acceptors (Lipinski definition) is 2. The maximum absolute atomic E-state index is 10.7. The number of aliphatic hydroxyl groups is 1. The number of aliphatic hydroxyl groups excluding tert-OH is 1. The first-order chi connectivity index (χ1) is 9.36. The van der Waals surface area contributed by atoms with E-state index in [9.17, 15) is 5.11 Å². The fourth-order valence-electron chi connectivity index (χ4n) is 3.23. The number of fused-ring (bicyclic) bond motifs is 1. The molecule has 1 saturated carbocycles. The first-order valence-corrected chi connectivity index (χ1v) is 7.38. The van der Waals surface area contributed by atoms with Crippen molar-refractivity contribution in [3.63, 3.8) is 0 Å². The van der Waals surface area contributed by atoms with E-state index in [-0.39, 0.29) is 0 Å². The summed E-state index contributed by atoms with van der Waals surface area (Å²) < 4.78 is 0. The SMILES string of the molecule is OC(c1nccc2ccccc12)C1CCCCCC1. The van der Waals surface area contributed by atoms with Crippen molar-refractivity contribution in [3.05, 3.63) is 42.2 Å². The Hall–Kier alpha value is -1.41. The molecule has 1 aromatic carbocycles. The van der Waals surface area contributed by atoms with Gasteiger partial charge in [-0.3, -0.25) is 4.98 Å². The molecular weight excluding hydrogens is 234 g/mol. The van der Waals surface area contributed by atoms with Gasteiger partial charge in [-0.05, 0) is 30.2 Å². The van der Waals surface area contributed by atoms with E-state index in [1.165, 1.54) is 31.1 Å².